The molecule has 0 aromatic heterocycles. The highest BCUT2D eigenvalue weighted by Crippen LogP contribution is 2.42. The van der Waals surface area contributed by atoms with E-state index in [0.717, 1.165) is 42.7 Å². The SMILES string of the molecule is CCC(CC)(CBr)COc1cccc2c1OC(C)(C)C2. The Morgan fingerprint density at radius 1 is 1.30 bits per heavy atom. The molecule has 1 aliphatic heterocycles. The number of benzene rings is 1. The van der Waals surface area contributed by atoms with Crippen molar-refractivity contribution in [2.75, 3.05) is 11.9 Å². The molecular formula is C17H25BrO2. The zero-order valence-electron chi connectivity index (χ0n) is 13.0. The second-order valence-corrected chi connectivity index (χ2v) is 6.97. The van der Waals surface area contributed by atoms with Crippen LogP contribution in [0, 0.1) is 5.41 Å². The lowest BCUT2D eigenvalue weighted by atomic mass is 9.86. The molecule has 1 aliphatic rings. The fourth-order valence-corrected chi connectivity index (χ4v) is 3.57. The zero-order valence-corrected chi connectivity index (χ0v) is 14.5. The van der Waals surface area contributed by atoms with Crippen LogP contribution in [0.15, 0.2) is 18.2 Å². The molecule has 2 nitrogen and oxygen atoms in total. The molecule has 0 atom stereocenters. The molecule has 0 saturated carbocycles. The van der Waals surface area contributed by atoms with Crippen molar-refractivity contribution in [2.45, 2.75) is 52.6 Å². The molecule has 0 unspecified atom stereocenters. The van der Waals surface area contributed by atoms with Crippen LogP contribution in [0.25, 0.3) is 0 Å². The first-order chi connectivity index (χ1) is 9.45. The van der Waals surface area contributed by atoms with Crippen LogP contribution in [0.4, 0.5) is 0 Å². The van der Waals surface area contributed by atoms with Crippen LogP contribution in [0.2, 0.25) is 0 Å². The first-order valence-electron chi connectivity index (χ1n) is 7.45. The Bertz CT molecular complexity index is 456. The highest BCUT2D eigenvalue weighted by molar-refractivity contribution is 9.09. The van der Waals surface area contributed by atoms with Gasteiger partial charge in [0.15, 0.2) is 11.5 Å². The molecule has 1 heterocycles. The Labute approximate surface area is 131 Å². The van der Waals surface area contributed by atoms with Crippen molar-refractivity contribution in [1.82, 2.24) is 0 Å². The maximum atomic E-state index is 6.13. The van der Waals surface area contributed by atoms with Crippen molar-refractivity contribution < 1.29 is 9.47 Å². The third-order valence-corrected chi connectivity index (χ3v) is 5.56. The second kappa shape index (κ2) is 5.97. The predicted octanol–water partition coefficient (Wildman–Crippen LogP) is 4.98. The molecule has 0 bridgehead atoms. The maximum absolute atomic E-state index is 6.13. The molecular weight excluding hydrogens is 316 g/mol. The second-order valence-electron chi connectivity index (χ2n) is 6.41. The van der Waals surface area contributed by atoms with Gasteiger partial charge in [-0.3, -0.25) is 0 Å². The van der Waals surface area contributed by atoms with Crippen molar-refractivity contribution in [3.05, 3.63) is 23.8 Å². The third kappa shape index (κ3) is 3.13. The third-order valence-electron chi connectivity index (χ3n) is 4.37. The quantitative estimate of drug-likeness (QED) is 0.680. The molecule has 1 aromatic rings. The average molecular weight is 341 g/mol. The molecule has 2 rings (SSSR count). The van der Waals surface area contributed by atoms with E-state index in [2.05, 4.69) is 55.8 Å². The van der Waals surface area contributed by atoms with Crippen LogP contribution in [0.3, 0.4) is 0 Å². The monoisotopic (exact) mass is 340 g/mol. The van der Waals surface area contributed by atoms with Gasteiger partial charge in [-0.05, 0) is 32.8 Å². The first kappa shape index (κ1) is 15.7. The molecule has 0 saturated heterocycles. The van der Waals surface area contributed by atoms with Crippen molar-refractivity contribution in [1.29, 1.82) is 0 Å². The lowest BCUT2D eigenvalue weighted by Crippen LogP contribution is -2.29. The molecule has 0 radical (unpaired) electrons. The van der Waals surface area contributed by atoms with Gasteiger partial charge in [0.25, 0.3) is 0 Å². The van der Waals surface area contributed by atoms with Gasteiger partial charge in [0, 0.05) is 22.7 Å². The molecule has 3 heteroatoms. The number of fused-ring (bicyclic) bond motifs is 1. The minimum absolute atomic E-state index is 0.121. The number of halogens is 1. The summed E-state index contributed by atoms with van der Waals surface area (Å²) < 4.78 is 12.2. The standard InChI is InChI=1S/C17H25BrO2/c1-5-17(6-2,11-18)12-19-14-9-7-8-13-10-16(3,4)20-15(13)14/h7-9H,5-6,10-12H2,1-4H3. The van der Waals surface area contributed by atoms with E-state index in [1.54, 1.807) is 0 Å². The minimum atomic E-state index is -0.121. The molecule has 20 heavy (non-hydrogen) atoms. The maximum Gasteiger partial charge on any atom is 0.165 e. The molecule has 0 amide bonds. The van der Waals surface area contributed by atoms with Gasteiger partial charge in [0.2, 0.25) is 0 Å². The van der Waals surface area contributed by atoms with Gasteiger partial charge in [0.1, 0.15) is 5.60 Å². The summed E-state index contributed by atoms with van der Waals surface area (Å²) in [6, 6.07) is 6.21. The van der Waals surface area contributed by atoms with Gasteiger partial charge in [-0.1, -0.05) is 41.9 Å². The molecule has 0 N–H and O–H groups in total. The largest absolute Gasteiger partial charge is 0.489 e. The van der Waals surface area contributed by atoms with Gasteiger partial charge >= 0.3 is 0 Å². The van der Waals surface area contributed by atoms with Crippen LogP contribution in [-0.4, -0.2) is 17.5 Å². The van der Waals surface area contributed by atoms with E-state index in [0.29, 0.717) is 0 Å². The first-order valence-corrected chi connectivity index (χ1v) is 8.57. The van der Waals surface area contributed by atoms with Crippen molar-refractivity contribution in [3.63, 3.8) is 0 Å². The van der Waals surface area contributed by atoms with Gasteiger partial charge in [-0.15, -0.1) is 0 Å². The van der Waals surface area contributed by atoms with Crippen molar-refractivity contribution >= 4 is 15.9 Å². The van der Waals surface area contributed by atoms with E-state index in [1.807, 2.05) is 6.07 Å². The van der Waals surface area contributed by atoms with Gasteiger partial charge in [-0.25, -0.2) is 0 Å². The van der Waals surface area contributed by atoms with E-state index in [-0.39, 0.29) is 11.0 Å². The topological polar surface area (TPSA) is 18.5 Å². The highest BCUT2D eigenvalue weighted by atomic mass is 79.9. The van der Waals surface area contributed by atoms with Crippen LogP contribution in [0.1, 0.15) is 46.1 Å². The van der Waals surface area contributed by atoms with Crippen molar-refractivity contribution in [3.8, 4) is 11.5 Å². The van der Waals surface area contributed by atoms with Crippen LogP contribution in [-0.2, 0) is 6.42 Å². The molecule has 112 valence electrons. The van der Waals surface area contributed by atoms with E-state index >= 15 is 0 Å². The molecule has 0 aliphatic carbocycles. The summed E-state index contributed by atoms with van der Waals surface area (Å²) in [6.07, 6.45) is 3.16. The normalized spacial score (nSPS) is 16.6. The molecule has 1 aromatic carbocycles. The Kier molecular flexibility index (Phi) is 4.68. The number of hydrogen-bond donors (Lipinski definition) is 0. The van der Waals surface area contributed by atoms with E-state index in [4.69, 9.17) is 9.47 Å². The number of alkyl halides is 1. The summed E-state index contributed by atoms with van der Waals surface area (Å²) in [4.78, 5) is 0. The van der Waals surface area contributed by atoms with Crippen LogP contribution in [0.5, 0.6) is 11.5 Å². The number of ether oxygens (including phenoxy) is 2. The number of hydrogen-bond acceptors (Lipinski definition) is 2. The fourth-order valence-electron chi connectivity index (χ4n) is 2.61. The smallest absolute Gasteiger partial charge is 0.165 e. The predicted molar refractivity (Wildman–Crippen MR) is 87.2 cm³/mol. The van der Waals surface area contributed by atoms with E-state index in [9.17, 15) is 0 Å². The van der Waals surface area contributed by atoms with E-state index in [1.165, 1.54) is 5.56 Å². The Hall–Kier alpha value is -0.700. The lowest BCUT2D eigenvalue weighted by Gasteiger charge is -2.29. The number of para-hydroxylation sites is 1. The van der Waals surface area contributed by atoms with E-state index < -0.39 is 0 Å². The summed E-state index contributed by atoms with van der Waals surface area (Å²) in [5.41, 5.74) is 1.34. The van der Waals surface area contributed by atoms with Gasteiger partial charge < -0.3 is 9.47 Å². The lowest BCUT2D eigenvalue weighted by molar-refractivity contribution is 0.120. The summed E-state index contributed by atoms with van der Waals surface area (Å²) in [5.74, 6) is 1.83. The molecule has 0 fully saturated rings. The molecule has 0 spiro atoms. The van der Waals surface area contributed by atoms with Gasteiger partial charge in [0.05, 0.1) is 6.61 Å². The summed E-state index contributed by atoms with van der Waals surface area (Å²) in [5, 5.41) is 0.967. The van der Waals surface area contributed by atoms with Crippen LogP contribution >= 0.6 is 15.9 Å². The number of rotatable bonds is 6. The summed E-state index contributed by atoms with van der Waals surface area (Å²) in [6.45, 7) is 9.42. The zero-order chi connectivity index (χ0) is 14.8. The van der Waals surface area contributed by atoms with Crippen LogP contribution < -0.4 is 9.47 Å². The Balaban J connectivity index is 2.15. The minimum Gasteiger partial charge on any atom is -0.489 e. The van der Waals surface area contributed by atoms with Gasteiger partial charge in [-0.2, -0.15) is 0 Å². The average Bonchev–Trinajstić information content (AvgIpc) is 2.75. The highest BCUT2D eigenvalue weighted by Gasteiger charge is 2.33. The Morgan fingerprint density at radius 2 is 2.00 bits per heavy atom. The fraction of sp³-hybridized carbons (Fsp3) is 0.647. The van der Waals surface area contributed by atoms with Crippen molar-refractivity contribution in [2.24, 2.45) is 5.41 Å². The Morgan fingerprint density at radius 3 is 2.60 bits per heavy atom. The summed E-state index contributed by atoms with van der Waals surface area (Å²) in [7, 11) is 0. The summed E-state index contributed by atoms with van der Waals surface area (Å²) >= 11 is 3.64.